The molecular weight excluding hydrogens is 215 g/mol. The van der Waals surface area contributed by atoms with Gasteiger partial charge in [-0.25, -0.2) is 4.79 Å². The van der Waals surface area contributed by atoms with Crippen molar-refractivity contribution in [2.75, 3.05) is 0 Å². The third-order valence-electron chi connectivity index (χ3n) is 2.85. The Morgan fingerprint density at radius 3 is 2.53 bits per heavy atom. The van der Waals surface area contributed by atoms with Gasteiger partial charge in [0.05, 0.1) is 6.04 Å². The van der Waals surface area contributed by atoms with Gasteiger partial charge in [0.15, 0.2) is 0 Å². The van der Waals surface area contributed by atoms with Crippen molar-refractivity contribution in [2.45, 2.75) is 13.0 Å². The maximum Gasteiger partial charge on any atom is 0.328 e. The first-order valence-corrected chi connectivity index (χ1v) is 5.46. The Balaban J connectivity index is 2.52. The molecule has 0 bridgehead atoms. The predicted molar refractivity (Wildman–Crippen MR) is 69.8 cm³/mol. The van der Waals surface area contributed by atoms with Crippen LogP contribution in [-0.2, 0) is 0 Å². The topological polar surface area (TPSA) is 54.9 Å². The lowest BCUT2D eigenvalue weighted by molar-refractivity contribution is 0.597. The highest BCUT2D eigenvalue weighted by Crippen LogP contribution is 2.13. The third-order valence-corrected chi connectivity index (χ3v) is 2.85. The van der Waals surface area contributed by atoms with Gasteiger partial charge in [-0.05, 0) is 17.9 Å². The smallest absolute Gasteiger partial charge is 0.294 e. The highest BCUT2D eigenvalue weighted by Gasteiger charge is 2.10. The molecule has 2 aromatic rings. The van der Waals surface area contributed by atoms with Crippen molar-refractivity contribution in [3.8, 4) is 0 Å². The zero-order valence-corrected chi connectivity index (χ0v) is 9.81. The fourth-order valence-electron chi connectivity index (χ4n) is 1.77. The zero-order valence-electron chi connectivity index (χ0n) is 9.81. The molecule has 0 fully saturated rings. The second-order valence-electron chi connectivity index (χ2n) is 4.07. The Morgan fingerprint density at radius 2 is 1.88 bits per heavy atom. The fraction of sp³-hybridized carbons (Fsp3) is 0.167. The summed E-state index contributed by atoms with van der Waals surface area (Å²) in [7, 11) is 1.69. The monoisotopic (exact) mass is 228 g/mol. The Hall–Kier alpha value is -2.04. The molecule has 1 aromatic heterocycles. The SMILES string of the molecule is Bc1cn(C(C)c2ccccc2)c(=O)[nH]c1=O. The summed E-state index contributed by atoms with van der Waals surface area (Å²) in [4.78, 5) is 25.3. The molecule has 17 heavy (non-hydrogen) atoms. The van der Waals surface area contributed by atoms with Crippen LogP contribution in [0.1, 0.15) is 18.5 Å². The molecule has 0 saturated carbocycles. The van der Waals surface area contributed by atoms with Crippen LogP contribution in [-0.4, -0.2) is 17.4 Å². The van der Waals surface area contributed by atoms with Gasteiger partial charge in [0.1, 0.15) is 7.85 Å². The van der Waals surface area contributed by atoms with E-state index >= 15 is 0 Å². The van der Waals surface area contributed by atoms with E-state index in [1.165, 1.54) is 4.57 Å². The lowest BCUT2D eigenvalue weighted by Crippen LogP contribution is -2.40. The van der Waals surface area contributed by atoms with Crippen molar-refractivity contribution in [1.29, 1.82) is 0 Å². The first-order chi connectivity index (χ1) is 8.09. The summed E-state index contributed by atoms with van der Waals surface area (Å²) in [5, 5.41) is 0. The Bertz CT molecular complexity index is 631. The molecule has 1 unspecified atom stereocenters. The zero-order chi connectivity index (χ0) is 12.4. The largest absolute Gasteiger partial charge is 0.328 e. The van der Waals surface area contributed by atoms with E-state index in [1.54, 1.807) is 14.0 Å². The maximum atomic E-state index is 11.7. The van der Waals surface area contributed by atoms with Gasteiger partial charge in [0.25, 0.3) is 0 Å². The number of nitrogens with one attached hydrogen (secondary N) is 1. The van der Waals surface area contributed by atoms with Crippen molar-refractivity contribution in [2.24, 2.45) is 0 Å². The molecule has 1 N–H and O–H groups in total. The quantitative estimate of drug-likeness (QED) is 0.698. The van der Waals surface area contributed by atoms with Gasteiger partial charge in [0, 0.05) is 6.20 Å². The molecule has 0 radical (unpaired) electrons. The molecule has 4 nitrogen and oxygen atoms in total. The number of H-pyrrole nitrogens is 1. The molecule has 86 valence electrons. The van der Waals surface area contributed by atoms with Gasteiger partial charge in [-0.3, -0.25) is 14.3 Å². The number of hydrogen-bond acceptors (Lipinski definition) is 2. The van der Waals surface area contributed by atoms with Gasteiger partial charge in [-0.2, -0.15) is 0 Å². The van der Waals surface area contributed by atoms with Gasteiger partial charge in [-0.1, -0.05) is 30.3 Å². The van der Waals surface area contributed by atoms with Crippen LogP contribution in [0.3, 0.4) is 0 Å². The molecule has 0 aliphatic rings. The fourth-order valence-corrected chi connectivity index (χ4v) is 1.77. The van der Waals surface area contributed by atoms with E-state index in [1.807, 2.05) is 37.3 Å². The molecule has 2 rings (SSSR count). The Labute approximate surface area is 99.3 Å². The molecule has 0 amide bonds. The average molecular weight is 228 g/mol. The molecule has 0 aliphatic heterocycles. The Morgan fingerprint density at radius 1 is 1.24 bits per heavy atom. The predicted octanol–water partition coefficient (Wildman–Crippen LogP) is -0.596. The van der Waals surface area contributed by atoms with Crippen LogP contribution in [0.25, 0.3) is 0 Å². The molecule has 1 heterocycles. The normalized spacial score (nSPS) is 12.3. The minimum absolute atomic E-state index is 0.0979. The second kappa shape index (κ2) is 4.45. The second-order valence-corrected chi connectivity index (χ2v) is 4.07. The highest BCUT2D eigenvalue weighted by molar-refractivity contribution is 6.31. The van der Waals surface area contributed by atoms with Crippen LogP contribution < -0.4 is 16.7 Å². The summed E-state index contributed by atoms with van der Waals surface area (Å²) in [6, 6.07) is 9.59. The third kappa shape index (κ3) is 2.23. The standard InChI is InChI=1S/C12H13BN2O2/c1-8(9-5-3-2-4-6-9)15-7-10(13)11(16)14-12(15)17/h2-8H,13H2,1H3,(H,14,16,17). The van der Waals surface area contributed by atoms with E-state index in [0.29, 0.717) is 5.46 Å². The maximum absolute atomic E-state index is 11.7. The summed E-state index contributed by atoms with van der Waals surface area (Å²) in [5.74, 6) is 0. The summed E-state index contributed by atoms with van der Waals surface area (Å²) in [6.07, 6.45) is 1.60. The molecular formula is C12H13BN2O2. The van der Waals surface area contributed by atoms with Gasteiger partial charge in [-0.15, -0.1) is 0 Å². The molecule has 1 aromatic carbocycles. The van der Waals surface area contributed by atoms with Crippen LogP contribution >= 0.6 is 0 Å². The first kappa shape index (κ1) is 11.5. The van der Waals surface area contributed by atoms with Gasteiger partial charge >= 0.3 is 5.69 Å². The van der Waals surface area contributed by atoms with Crippen molar-refractivity contribution in [3.05, 3.63) is 62.9 Å². The van der Waals surface area contributed by atoms with E-state index < -0.39 is 0 Å². The minimum atomic E-state index is -0.378. The summed E-state index contributed by atoms with van der Waals surface area (Å²) < 4.78 is 1.53. The van der Waals surface area contributed by atoms with Crippen molar-refractivity contribution in [3.63, 3.8) is 0 Å². The number of hydrogen-bond donors (Lipinski definition) is 1. The van der Waals surface area contributed by atoms with Crippen molar-refractivity contribution >= 4 is 13.3 Å². The molecule has 1 atom stereocenters. The number of aromatic amines is 1. The van der Waals surface area contributed by atoms with E-state index in [9.17, 15) is 9.59 Å². The highest BCUT2D eigenvalue weighted by atomic mass is 16.2. The average Bonchev–Trinajstić information content (AvgIpc) is 2.34. The lowest BCUT2D eigenvalue weighted by Gasteiger charge is -2.15. The van der Waals surface area contributed by atoms with Gasteiger partial charge < -0.3 is 0 Å². The van der Waals surface area contributed by atoms with Crippen molar-refractivity contribution < 1.29 is 0 Å². The first-order valence-electron chi connectivity index (χ1n) is 5.46. The van der Waals surface area contributed by atoms with E-state index in [2.05, 4.69) is 4.98 Å². The number of nitrogens with zero attached hydrogens (tertiary/aromatic N) is 1. The summed E-state index contributed by atoms with van der Waals surface area (Å²) in [5.41, 5.74) is 0.858. The van der Waals surface area contributed by atoms with Gasteiger partial charge in [0.2, 0.25) is 5.56 Å². The molecule has 5 heteroatoms. The van der Waals surface area contributed by atoms with Crippen LogP contribution in [0.2, 0.25) is 0 Å². The van der Waals surface area contributed by atoms with E-state index in [4.69, 9.17) is 0 Å². The molecule has 0 spiro atoms. The number of benzene rings is 1. The number of aromatic nitrogens is 2. The van der Waals surface area contributed by atoms with Crippen LogP contribution in [0.5, 0.6) is 0 Å². The van der Waals surface area contributed by atoms with Crippen LogP contribution in [0, 0.1) is 0 Å². The summed E-state index contributed by atoms with van der Waals surface area (Å²) in [6.45, 7) is 1.93. The van der Waals surface area contributed by atoms with Crippen LogP contribution in [0.4, 0.5) is 0 Å². The lowest BCUT2D eigenvalue weighted by atomic mass is 10.00. The number of rotatable bonds is 2. The molecule has 0 aliphatic carbocycles. The molecule has 0 saturated heterocycles. The van der Waals surface area contributed by atoms with Crippen LogP contribution in [0.15, 0.2) is 46.1 Å². The minimum Gasteiger partial charge on any atom is -0.294 e. The van der Waals surface area contributed by atoms with Crippen molar-refractivity contribution in [1.82, 2.24) is 9.55 Å². The summed E-state index contributed by atoms with van der Waals surface area (Å²) >= 11 is 0. The Kier molecular flexibility index (Phi) is 3.00. The van der Waals surface area contributed by atoms with E-state index in [0.717, 1.165) is 5.56 Å². The van der Waals surface area contributed by atoms with E-state index in [-0.39, 0.29) is 17.3 Å².